The zero-order chi connectivity index (χ0) is 21.0. The second-order valence-electron chi connectivity index (χ2n) is 7.07. The Morgan fingerprint density at radius 3 is 2.31 bits per heavy atom. The van der Waals surface area contributed by atoms with Crippen LogP contribution in [0.2, 0.25) is 0 Å². The van der Waals surface area contributed by atoms with E-state index in [9.17, 15) is 19.2 Å². The monoisotopic (exact) mass is 395 g/mol. The van der Waals surface area contributed by atoms with Gasteiger partial charge in [0.15, 0.2) is 6.61 Å². The average Bonchev–Trinajstić information content (AvgIpc) is 2.98. The molecule has 8 nitrogen and oxygen atoms in total. The van der Waals surface area contributed by atoms with Gasteiger partial charge in [0.2, 0.25) is 11.8 Å². The maximum Gasteiger partial charge on any atom is 0.329 e. The second kappa shape index (κ2) is 8.69. The second-order valence-corrected chi connectivity index (χ2v) is 7.07. The van der Waals surface area contributed by atoms with Gasteiger partial charge in [0, 0.05) is 5.69 Å². The first-order valence-corrected chi connectivity index (χ1v) is 9.36. The standard InChI is InChI=1S/C21H21N3O5/c1-13(24-19(26)16-4-2-3-5-17(16)20(24)27)21(28)29-12-18(25)23-15-8-6-14(7-9-15)10-11-22/h2-3,6-9,13,16-17H,4-5,10,12H2,1H3,(H,23,25)/t13-,16-,17-/m0/s1. The SMILES string of the molecule is C[C@@H](C(=O)OCC(=O)Nc1ccc(CC#N)cc1)N1C(=O)[C@H]2CC=CC[C@@H]2C1=O. The van der Waals surface area contributed by atoms with Crippen LogP contribution in [0, 0.1) is 23.2 Å². The minimum absolute atomic E-state index is 0.273. The largest absolute Gasteiger partial charge is 0.454 e. The molecule has 3 amide bonds. The number of hydrogen-bond acceptors (Lipinski definition) is 6. The van der Waals surface area contributed by atoms with Gasteiger partial charge in [0.25, 0.3) is 5.91 Å². The minimum atomic E-state index is -1.08. The maximum atomic E-state index is 12.5. The highest BCUT2D eigenvalue weighted by Crippen LogP contribution is 2.36. The van der Waals surface area contributed by atoms with E-state index in [1.165, 1.54) is 6.92 Å². The van der Waals surface area contributed by atoms with E-state index in [4.69, 9.17) is 10.00 Å². The molecule has 0 radical (unpaired) electrons. The minimum Gasteiger partial charge on any atom is -0.454 e. The number of likely N-dealkylation sites (tertiary alicyclic amines) is 1. The quantitative estimate of drug-likeness (QED) is 0.444. The molecule has 3 atom stereocenters. The van der Waals surface area contributed by atoms with Gasteiger partial charge >= 0.3 is 5.97 Å². The normalized spacial score (nSPS) is 21.3. The molecule has 1 N–H and O–H groups in total. The van der Waals surface area contributed by atoms with Crippen LogP contribution in [0.5, 0.6) is 0 Å². The van der Waals surface area contributed by atoms with Crippen LogP contribution >= 0.6 is 0 Å². The van der Waals surface area contributed by atoms with Crippen LogP contribution in [0.15, 0.2) is 36.4 Å². The van der Waals surface area contributed by atoms with Crippen LogP contribution in [-0.4, -0.2) is 41.2 Å². The lowest BCUT2D eigenvalue weighted by molar-refractivity contribution is -0.159. The summed E-state index contributed by atoms with van der Waals surface area (Å²) in [4.78, 5) is 50.3. The number of esters is 1. The number of hydrogen-bond donors (Lipinski definition) is 1. The number of nitriles is 1. The van der Waals surface area contributed by atoms with Gasteiger partial charge < -0.3 is 10.1 Å². The Morgan fingerprint density at radius 2 is 1.76 bits per heavy atom. The van der Waals surface area contributed by atoms with E-state index >= 15 is 0 Å². The summed E-state index contributed by atoms with van der Waals surface area (Å²) in [6, 6.07) is 7.67. The van der Waals surface area contributed by atoms with Gasteiger partial charge in [0.05, 0.1) is 24.3 Å². The van der Waals surface area contributed by atoms with Gasteiger partial charge in [-0.3, -0.25) is 19.3 Å². The lowest BCUT2D eigenvalue weighted by atomic mass is 9.85. The van der Waals surface area contributed by atoms with Crippen molar-refractivity contribution in [2.24, 2.45) is 11.8 Å². The van der Waals surface area contributed by atoms with Crippen LogP contribution in [0.4, 0.5) is 5.69 Å². The number of benzene rings is 1. The highest BCUT2D eigenvalue weighted by atomic mass is 16.5. The predicted octanol–water partition coefficient (Wildman–Crippen LogP) is 1.57. The molecule has 1 fully saturated rings. The molecule has 0 aromatic heterocycles. The molecule has 8 heteroatoms. The Balaban J connectivity index is 1.52. The highest BCUT2D eigenvalue weighted by molar-refractivity contribution is 6.08. The van der Waals surface area contributed by atoms with E-state index in [0.717, 1.165) is 10.5 Å². The first-order chi connectivity index (χ1) is 13.9. The third kappa shape index (κ3) is 4.35. The summed E-state index contributed by atoms with van der Waals surface area (Å²) in [5.74, 6) is -2.93. The van der Waals surface area contributed by atoms with E-state index in [-0.39, 0.29) is 18.2 Å². The fourth-order valence-electron chi connectivity index (χ4n) is 3.56. The molecule has 1 aliphatic carbocycles. The number of nitrogens with one attached hydrogen (secondary N) is 1. The Labute approximate surface area is 168 Å². The molecule has 0 unspecified atom stereocenters. The molecular formula is C21H21N3O5. The zero-order valence-corrected chi connectivity index (χ0v) is 16.0. The van der Waals surface area contributed by atoms with Crippen LogP contribution in [0.25, 0.3) is 0 Å². The number of rotatable bonds is 6. The van der Waals surface area contributed by atoms with Crippen LogP contribution in [-0.2, 0) is 30.3 Å². The topological polar surface area (TPSA) is 117 Å². The average molecular weight is 395 g/mol. The third-order valence-electron chi connectivity index (χ3n) is 5.14. The van der Waals surface area contributed by atoms with Crippen LogP contribution in [0.3, 0.4) is 0 Å². The van der Waals surface area contributed by atoms with Crippen molar-refractivity contribution in [3.05, 3.63) is 42.0 Å². The van der Waals surface area contributed by atoms with Crippen molar-refractivity contribution >= 4 is 29.4 Å². The summed E-state index contributed by atoms with van der Waals surface area (Å²) in [6.07, 6.45) is 4.99. The van der Waals surface area contributed by atoms with E-state index in [1.807, 2.05) is 18.2 Å². The number of anilines is 1. The van der Waals surface area contributed by atoms with Crippen molar-refractivity contribution in [1.82, 2.24) is 4.90 Å². The van der Waals surface area contributed by atoms with Gasteiger partial charge in [-0.05, 0) is 37.5 Å². The Bertz CT molecular complexity index is 874. The molecule has 0 bridgehead atoms. The van der Waals surface area contributed by atoms with Gasteiger partial charge in [0.1, 0.15) is 6.04 Å². The van der Waals surface area contributed by atoms with Gasteiger partial charge in [-0.15, -0.1) is 0 Å². The number of carbonyl (C=O) groups excluding carboxylic acids is 4. The number of fused-ring (bicyclic) bond motifs is 1. The summed E-state index contributed by atoms with van der Waals surface area (Å²) < 4.78 is 5.01. The number of nitrogens with zero attached hydrogens (tertiary/aromatic N) is 2. The molecule has 1 aromatic carbocycles. The van der Waals surface area contributed by atoms with Crippen molar-refractivity contribution in [1.29, 1.82) is 5.26 Å². The molecule has 150 valence electrons. The molecule has 1 aromatic rings. The summed E-state index contributed by atoms with van der Waals surface area (Å²) in [6.45, 7) is 0.891. The Hall–Kier alpha value is -3.47. The lowest BCUT2D eigenvalue weighted by Crippen LogP contribution is -2.45. The molecule has 0 saturated carbocycles. The van der Waals surface area contributed by atoms with Crippen LogP contribution in [0.1, 0.15) is 25.3 Å². The molecule has 3 rings (SSSR count). The van der Waals surface area contributed by atoms with Crippen molar-refractivity contribution < 1.29 is 23.9 Å². The number of ether oxygens (including phenoxy) is 1. The fourth-order valence-corrected chi connectivity index (χ4v) is 3.56. The zero-order valence-electron chi connectivity index (χ0n) is 16.0. The summed E-state index contributed by atoms with van der Waals surface area (Å²) in [5.41, 5.74) is 1.32. The van der Waals surface area contributed by atoms with E-state index < -0.39 is 36.4 Å². The molecule has 29 heavy (non-hydrogen) atoms. The highest BCUT2D eigenvalue weighted by Gasteiger charge is 2.50. The van der Waals surface area contributed by atoms with Crippen molar-refractivity contribution in [3.8, 4) is 6.07 Å². The number of imide groups is 1. The molecule has 2 aliphatic rings. The molecule has 1 aliphatic heterocycles. The van der Waals surface area contributed by atoms with Crippen molar-refractivity contribution in [3.63, 3.8) is 0 Å². The third-order valence-corrected chi connectivity index (χ3v) is 5.14. The van der Waals surface area contributed by atoms with Gasteiger partial charge in [-0.2, -0.15) is 5.26 Å². The van der Waals surface area contributed by atoms with Crippen LogP contribution < -0.4 is 5.32 Å². The molecular weight excluding hydrogens is 374 g/mol. The summed E-state index contributed by atoms with van der Waals surface area (Å²) in [5, 5.41) is 11.2. The van der Waals surface area contributed by atoms with Gasteiger partial charge in [-0.25, -0.2) is 4.79 Å². The van der Waals surface area contributed by atoms with E-state index in [2.05, 4.69) is 5.32 Å². The number of carbonyl (C=O) groups is 4. The Morgan fingerprint density at radius 1 is 1.17 bits per heavy atom. The van der Waals surface area contributed by atoms with Crippen molar-refractivity contribution in [2.75, 3.05) is 11.9 Å². The summed E-state index contributed by atoms with van der Waals surface area (Å²) >= 11 is 0. The summed E-state index contributed by atoms with van der Waals surface area (Å²) in [7, 11) is 0. The molecule has 0 spiro atoms. The lowest BCUT2D eigenvalue weighted by Gasteiger charge is -2.21. The Kier molecular flexibility index (Phi) is 6.07. The first-order valence-electron chi connectivity index (χ1n) is 9.36. The maximum absolute atomic E-state index is 12.5. The predicted molar refractivity (Wildman–Crippen MR) is 102 cm³/mol. The smallest absolute Gasteiger partial charge is 0.329 e. The van der Waals surface area contributed by atoms with E-state index in [1.54, 1.807) is 24.3 Å². The van der Waals surface area contributed by atoms with Gasteiger partial charge in [-0.1, -0.05) is 24.3 Å². The fraction of sp³-hybridized carbons (Fsp3) is 0.381. The molecule has 1 heterocycles. The van der Waals surface area contributed by atoms with E-state index in [0.29, 0.717) is 18.5 Å². The van der Waals surface area contributed by atoms with Crippen molar-refractivity contribution in [2.45, 2.75) is 32.2 Å². The number of allylic oxidation sites excluding steroid dienone is 2. The number of amides is 3. The first kappa shape index (κ1) is 20.3. The molecule has 1 saturated heterocycles.